The minimum atomic E-state index is -0.571. The first-order chi connectivity index (χ1) is 22.4. The van der Waals surface area contributed by atoms with E-state index >= 15 is 0 Å². The first kappa shape index (κ1) is 29.3. The average molecular weight is 617 g/mol. The van der Waals surface area contributed by atoms with Gasteiger partial charge in [0.25, 0.3) is 0 Å². The molecule has 8 nitrogen and oxygen atoms in total. The monoisotopic (exact) mass is 616 g/mol. The van der Waals surface area contributed by atoms with Crippen LogP contribution in [0.2, 0.25) is 0 Å². The Morgan fingerprint density at radius 1 is 0.826 bits per heavy atom. The zero-order valence-corrected chi connectivity index (χ0v) is 25.6. The molecule has 1 amide bonds. The molecule has 0 spiro atoms. The summed E-state index contributed by atoms with van der Waals surface area (Å²) in [7, 11) is 0. The highest BCUT2D eigenvalue weighted by Gasteiger charge is 2.38. The molecule has 0 N–H and O–H groups in total. The van der Waals surface area contributed by atoms with Gasteiger partial charge in [-0.2, -0.15) is 9.78 Å². The second-order valence-electron chi connectivity index (χ2n) is 11.9. The fourth-order valence-electron chi connectivity index (χ4n) is 6.26. The Morgan fingerprint density at radius 3 is 2.04 bits per heavy atom. The minimum absolute atomic E-state index is 0.0322. The number of hydrogen-bond acceptors (Lipinski definition) is 5. The van der Waals surface area contributed by atoms with Gasteiger partial charge >= 0.3 is 12.2 Å². The lowest BCUT2D eigenvalue weighted by molar-refractivity contribution is 0.0664. The molecule has 0 atom stereocenters. The van der Waals surface area contributed by atoms with Gasteiger partial charge in [0.2, 0.25) is 0 Å². The summed E-state index contributed by atoms with van der Waals surface area (Å²) in [5, 5.41) is 6.10. The molecule has 46 heavy (non-hydrogen) atoms. The van der Waals surface area contributed by atoms with Crippen molar-refractivity contribution in [2.45, 2.75) is 38.9 Å². The predicted molar refractivity (Wildman–Crippen MR) is 174 cm³/mol. The summed E-state index contributed by atoms with van der Waals surface area (Å²) in [6.45, 7) is 5.59. The maximum Gasteiger partial charge on any atom is 0.435 e. The van der Waals surface area contributed by atoms with Crippen molar-refractivity contribution >= 4 is 34.0 Å². The number of benzene rings is 4. The van der Waals surface area contributed by atoms with E-state index in [0.717, 1.165) is 44.4 Å². The first-order valence-electron chi connectivity index (χ1n) is 15.4. The van der Waals surface area contributed by atoms with Crippen molar-refractivity contribution in [3.8, 4) is 5.69 Å². The van der Waals surface area contributed by atoms with E-state index in [0.29, 0.717) is 18.6 Å². The van der Waals surface area contributed by atoms with Gasteiger partial charge in [-0.25, -0.2) is 14.0 Å². The highest BCUT2D eigenvalue weighted by atomic mass is 19.1. The molecule has 0 aliphatic carbocycles. The zero-order chi connectivity index (χ0) is 31.8. The molecule has 9 heteroatoms. The van der Waals surface area contributed by atoms with Crippen LogP contribution in [0.15, 0.2) is 103 Å². The Morgan fingerprint density at radius 2 is 1.43 bits per heavy atom. The Bertz CT molecular complexity index is 2030. The van der Waals surface area contributed by atoms with Gasteiger partial charge in [0.15, 0.2) is 0 Å². The molecule has 6 aromatic rings. The molecule has 1 fully saturated rings. The highest BCUT2D eigenvalue weighted by Crippen LogP contribution is 2.43. The van der Waals surface area contributed by atoms with Crippen LogP contribution in [0.4, 0.5) is 14.0 Å². The summed E-state index contributed by atoms with van der Waals surface area (Å²) in [5.74, 6) is -0.181. The third-order valence-electron chi connectivity index (χ3n) is 8.50. The number of amides is 1. The lowest BCUT2D eigenvalue weighted by Gasteiger charge is -2.39. The SMILES string of the molecule is CC(C)c1c(C2CN(C(=O)OCc3ccccc3)C2)c2cc3c(cnn3C(=O)OCc3ccccc3)cc2n1-c1ccc(F)cc1. The van der Waals surface area contributed by atoms with Crippen LogP contribution in [-0.4, -0.2) is 44.5 Å². The molecule has 1 aliphatic rings. The van der Waals surface area contributed by atoms with Crippen molar-refractivity contribution in [2.24, 2.45) is 0 Å². The standard InChI is InChI=1S/C37H33FN4O4/c1-24(2)35-34(28-20-40(21-28)36(43)45-22-25-9-5-3-6-10-25)31-18-32-27(17-33(31)41(35)30-15-13-29(38)14-16-30)19-39-42(32)37(44)46-23-26-11-7-4-8-12-26/h3-19,24,28H,20-23H2,1-2H3. The lowest BCUT2D eigenvalue weighted by atomic mass is 9.86. The van der Waals surface area contributed by atoms with E-state index < -0.39 is 6.09 Å². The third kappa shape index (κ3) is 5.49. The molecule has 0 unspecified atom stereocenters. The third-order valence-corrected chi connectivity index (χ3v) is 8.50. The predicted octanol–water partition coefficient (Wildman–Crippen LogP) is 8.16. The number of likely N-dealkylation sites (tertiary alicyclic amines) is 1. The molecule has 0 bridgehead atoms. The summed E-state index contributed by atoms with van der Waals surface area (Å²) in [4.78, 5) is 27.9. The fourth-order valence-corrected chi connectivity index (χ4v) is 6.26. The van der Waals surface area contributed by atoms with Crippen molar-refractivity contribution in [3.05, 3.63) is 131 Å². The number of nitrogens with zero attached hydrogens (tertiary/aromatic N) is 4. The normalized spacial score (nSPS) is 13.3. The Hall–Kier alpha value is -5.44. The minimum Gasteiger partial charge on any atom is -0.445 e. The molecule has 4 aromatic carbocycles. The number of carbonyl (C=O) groups excluding carboxylic acids is 2. The van der Waals surface area contributed by atoms with Gasteiger partial charge in [-0.3, -0.25) is 0 Å². The molecule has 0 radical (unpaired) electrons. The van der Waals surface area contributed by atoms with E-state index in [9.17, 15) is 14.0 Å². The average Bonchev–Trinajstić information content (AvgIpc) is 3.61. The Kier molecular flexibility index (Phi) is 7.74. The highest BCUT2D eigenvalue weighted by molar-refractivity contribution is 6.01. The lowest BCUT2D eigenvalue weighted by Crippen LogP contribution is -2.48. The van der Waals surface area contributed by atoms with Gasteiger partial charge in [-0.05, 0) is 59.0 Å². The van der Waals surface area contributed by atoms with Crippen molar-refractivity contribution in [2.75, 3.05) is 13.1 Å². The van der Waals surface area contributed by atoms with Crippen LogP contribution >= 0.6 is 0 Å². The second kappa shape index (κ2) is 12.2. The van der Waals surface area contributed by atoms with Gasteiger partial charge < -0.3 is 18.9 Å². The maximum absolute atomic E-state index is 14.0. The van der Waals surface area contributed by atoms with E-state index in [2.05, 4.69) is 23.5 Å². The number of carbonyl (C=O) groups is 2. The molecule has 3 heterocycles. The summed E-state index contributed by atoms with van der Waals surface area (Å²) in [6, 6.07) is 29.6. The quantitative estimate of drug-likeness (QED) is 0.181. The van der Waals surface area contributed by atoms with E-state index in [1.54, 1.807) is 23.2 Å². The molecule has 1 saturated heterocycles. The Labute approximate surface area is 265 Å². The van der Waals surface area contributed by atoms with Crippen molar-refractivity contribution in [1.82, 2.24) is 19.2 Å². The smallest absolute Gasteiger partial charge is 0.435 e. The number of aromatic nitrogens is 3. The summed E-state index contributed by atoms with van der Waals surface area (Å²) in [6.07, 6.45) is 0.733. The summed E-state index contributed by atoms with van der Waals surface area (Å²) >= 11 is 0. The molecule has 232 valence electrons. The summed E-state index contributed by atoms with van der Waals surface area (Å²) in [5.41, 5.74) is 6.34. The van der Waals surface area contributed by atoms with Crippen LogP contribution in [0.5, 0.6) is 0 Å². The largest absolute Gasteiger partial charge is 0.445 e. The van der Waals surface area contributed by atoms with Crippen molar-refractivity contribution in [3.63, 3.8) is 0 Å². The van der Waals surface area contributed by atoms with E-state index in [1.165, 1.54) is 16.8 Å². The Balaban J connectivity index is 1.26. The van der Waals surface area contributed by atoms with Crippen LogP contribution in [0, 0.1) is 5.82 Å². The zero-order valence-electron chi connectivity index (χ0n) is 25.6. The van der Waals surface area contributed by atoms with Crippen molar-refractivity contribution < 1.29 is 23.5 Å². The van der Waals surface area contributed by atoms with Crippen LogP contribution in [0.3, 0.4) is 0 Å². The summed E-state index contributed by atoms with van der Waals surface area (Å²) < 4.78 is 28.7. The molecular formula is C37H33FN4O4. The van der Waals surface area contributed by atoms with Crippen molar-refractivity contribution in [1.29, 1.82) is 0 Å². The fraction of sp³-hybridized carbons (Fsp3) is 0.216. The molecule has 1 aliphatic heterocycles. The molecule has 2 aromatic heterocycles. The van der Waals surface area contributed by atoms with Crippen LogP contribution in [0.1, 0.15) is 48.1 Å². The maximum atomic E-state index is 14.0. The molecule has 7 rings (SSSR count). The number of hydrogen-bond donors (Lipinski definition) is 0. The van der Waals surface area contributed by atoms with Gasteiger partial charge in [0, 0.05) is 41.2 Å². The van der Waals surface area contributed by atoms with Crippen LogP contribution < -0.4 is 0 Å². The number of ether oxygens (including phenoxy) is 2. The van der Waals surface area contributed by atoms with E-state index in [4.69, 9.17) is 9.47 Å². The first-order valence-corrected chi connectivity index (χ1v) is 15.4. The van der Waals surface area contributed by atoms with Gasteiger partial charge in [-0.1, -0.05) is 74.5 Å². The van der Waals surface area contributed by atoms with Gasteiger partial charge in [-0.15, -0.1) is 0 Å². The number of halogens is 1. The molecule has 0 saturated carbocycles. The van der Waals surface area contributed by atoms with Gasteiger partial charge in [0.05, 0.1) is 17.2 Å². The number of fused-ring (bicyclic) bond motifs is 2. The second-order valence-corrected chi connectivity index (χ2v) is 11.9. The molecular weight excluding hydrogens is 583 g/mol. The van der Waals surface area contributed by atoms with Crippen LogP contribution in [0.25, 0.3) is 27.5 Å². The van der Waals surface area contributed by atoms with Crippen LogP contribution in [-0.2, 0) is 22.7 Å². The topological polar surface area (TPSA) is 78.6 Å². The van der Waals surface area contributed by atoms with Gasteiger partial charge in [0.1, 0.15) is 19.0 Å². The number of rotatable bonds is 7. The van der Waals surface area contributed by atoms with E-state index in [-0.39, 0.29) is 37.0 Å². The van der Waals surface area contributed by atoms with E-state index in [1.807, 2.05) is 72.8 Å².